The fourth-order valence-electron chi connectivity index (χ4n) is 3.33. The van der Waals surface area contributed by atoms with Gasteiger partial charge in [0.1, 0.15) is 11.9 Å². The van der Waals surface area contributed by atoms with Crippen molar-refractivity contribution in [1.82, 2.24) is 14.7 Å². The largest absolute Gasteiger partial charge is 0.490 e. The van der Waals surface area contributed by atoms with Crippen LogP contribution in [-0.2, 0) is 6.42 Å². The molecule has 5 rings (SSSR count). The SMILES string of the molecule is CC1Cc2cc(-c3nc(-c4cccn(C5CC5)c4=O)no3)ccc2O1. The molecule has 1 aliphatic heterocycles. The number of nitrogens with zero attached hydrogens (tertiary/aromatic N) is 3. The third-order valence-electron chi connectivity index (χ3n) is 4.72. The van der Waals surface area contributed by atoms with Gasteiger partial charge in [0.2, 0.25) is 5.82 Å². The molecule has 0 bridgehead atoms. The van der Waals surface area contributed by atoms with Crippen LogP contribution in [-0.4, -0.2) is 20.8 Å². The van der Waals surface area contributed by atoms with Crippen LogP contribution in [0.15, 0.2) is 45.8 Å². The summed E-state index contributed by atoms with van der Waals surface area (Å²) in [5, 5.41) is 4.02. The molecule has 0 N–H and O–H groups in total. The number of fused-ring (bicyclic) bond motifs is 1. The number of rotatable bonds is 3. The minimum absolute atomic E-state index is 0.0615. The maximum atomic E-state index is 12.6. The van der Waals surface area contributed by atoms with E-state index in [0.29, 0.717) is 23.3 Å². The number of hydrogen-bond acceptors (Lipinski definition) is 5. The first kappa shape index (κ1) is 14.5. The zero-order chi connectivity index (χ0) is 17.0. The van der Waals surface area contributed by atoms with E-state index in [1.165, 1.54) is 0 Å². The van der Waals surface area contributed by atoms with Crippen molar-refractivity contribution in [2.45, 2.75) is 38.3 Å². The maximum Gasteiger partial charge on any atom is 0.262 e. The molecule has 126 valence electrons. The Bertz CT molecular complexity index is 1020. The van der Waals surface area contributed by atoms with Gasteiger partial charge in [-0.3, -0.25) is 4.79 Å². The average molecular weight is 335 g/mol. The number of pyridine rings is 1. The highest BCUT2D eigenvalue weighted by atomic mass is 16.5. The number of ether oxygens (including phenoxy) is 1. The Morgan fingerprint density at radius 1 is 1.24 bits per heavy atom. The molecule has 2 aliphatic rings. The molecule has 1 aromatic carbocycles. The van der Waals surface area contributed by atoms with Gasteiger partial charge < -0.3 is 13.8 Å². The third kappa shape index (κ3) is 2.45. The van der Waals surface area contributed by atoms with Gasteiger partial charge in [-0.15, -0.1) is 0 Å². The van der Waals surface area contributed by atoms with Crippen molar-refractivity contribution in [1.29, 1.82) is 0 Å². The molecule has 6 nitrogen and oxygen atoms in total. The number of benzene rings is 1. The minimum Gasteiger partial charge on any atom is -0.490 e. The van der Waals surface area contributed by atoms with Gasteiger partial charge in [-0.05, 0) is 55.7 Å². The summed E-state index contributed by atoms with van der Waals surface area (Å²) in [4.78, 5) is 17.1. The fourth-order valence-corrected chi connectivity index (χ4v) is 3.33. The van der Waals surface area contributed by atoms with Crippen LogP contribution >= 0.6 is 0 Å². The van der Waals surface area contributed by atoms with Gasteiger partial charge in [-0.1, -0.05) is 5.16 Å². The Hall–Kier alpha value is -2.89. The Morgan fingerprint density at radius 2 is 2.12 bits per heavy atom. The summed E-state index contributed by atoms with van der Waals surface area (Å²) in [6.45, 7) is 2.05. The quantitative estimate of drug-likeness (QED) is 0.735. The van der Waals surface area contributed by atoms with Crippen LogP contribution in [0.2, 0.25) is 0 Å². The number of aromatic nitrogens is 3. The molecule has 1 unspecified atom stereocenters. The molecule has 1 fully saturated rings. The maximum absolute atomic E-state index is 12.6. The predicted molar refractivity (Wildman–Crippen MR) is 91.5 cm³/mol. The van der Waals surface area contributed by atoms with Crippen molar-refractivity contribution in [3.05, 3.63) is 52.4 Å². The van der Waals surface area contributed by atoms with Crippen LogP contribution < -0.4 is 10.3 Å². The van der Waals surface area contributed by atoms with E-state index in [-0.39, 0.29) is 11.7 Å². The van der Waals surface area contributed by atoms with Crippen LogP contribution in [0.4, 0.5) is 0 Å². The molecule has 0 saturated heterocycles. The third-order valence-corrected chi connectivity index (χ3v) is 4.72. The van der Waals surface area contributed by atoms with Crippen LogP contribution in [0, 0.1) is 0 Å². The first-order chi connectivity index (χ1) is 12.2. The van der Waals surface area contributed by atoms with Gasteiger partial charge in [-0.25, -0.2) is 0 Å². The monoisotopic (exact) mass is 335 g/mol. The zero-order valence-electron chi connectivity index (χ0n) is 13.8. The summed E-state index contributed by atoms with van der Waals surface area (Å²) in [7, 11) is 0. The van der Waals surface area contributed by atoms with Crippen molar-refractivity contribution in [2.24, 2.45) is 0 Å². The second kappa shape index (κ2) is 5.31. The molecular formula is C19H17N3O3. The van der Waals surface area contributed by atoms with Crippen LogP contribution in [0.1, 0.15) is 31.4 Å². The highest BCUT2D eigenvalue weighted by molar-refractivity contribution is 5.61. The summed E-state index contributed by atoms with van der Waals surface area (Å²) in [5.74, 6) is 1.66. The smallest absolute Gasteiger partial charge is 0.262 e. The lowest BCUT2D eigenvalue weighted by Crippen LogP contribution is -2.20. The van der Waals surface area contributed by atoms with Crippen molar-refractivity contribution in [2.75, 3.05) is 0 Å². The lowest BCUT2D eigenvalue weighted by atomic mass is 10.1. The molecule has 0 spiro atoms. The summed E-state index contributed by atoms with van der Waals surface area (Å²) >= 11 is 0. The van der Waals surface area contributed by atoms with E-state index in [1.807, 2.05) is 37.4 Å². The van der Waals surface area contributed by atoms with Crippen LogP contribution in [0.25, 0.3) is 22.8 Å². The Labute approximate surface area is 144 Å². The van der Waals surface area contributed by atoms with E-state index in [1.54, 1.807) is 10.6 Å². The second-order valence-corrected chi connectivity index (χ2v) is 6.74. The molecule has 25 heavy (non-hydrogen) atoms. The Kier molecular flexibility index (Phi) is 3.07. The summed E-state index contributed by atoms with van der Waals surface area (Å²) in [6, 6.07) is 9.77. The van der Waals surface area contributed by atoms with Gasteiger partial charge in [0.15, 0.2) is 0 Å². The van der Waals surface area contributed by atoms with Gasteiger partial charge in [0, 0.05) is 24.2 Å². The van der Waals surface area contributed by atoms with E-state index in [2.05, 4.69) is 10.1 Å². The van der Waals surface area contributed by atoms with Crippen LogP contribution in [0.5, 0.6) is 5.75 Å². The fraction of sp³-hybridized carbons (Fsp3) is 0.316. The van der Waals surface area contributed by atoms with E-state index in [0.717, 1.165) is 36.1 Å². The molecule has 1 aliphatic carbocycles. The molecule has 0 amide bonds. The number of hydrogen-bond donors (Lipinski definition) is 0. The van der Waals surface area contributed by atoms with Crippen molar-refractivity contribution >= 4 is 0 Å². The minimum atomic E-state index is -0.0615. The first-order valence-electron chi connectivity index (χ1n) is 8.54. The standard InChI is InChI=1S/C19H17N3O3/c1-11-9-13-10-12(4-7-16(13)24-11)18-20-17(21-25-18)15-3-2-8-22(19(15)23)14-5-6-14/h2-4,7-8,10-11,14H,5-6,9H2,1H3. The van der Waals surface area contributed by atoms with Crippen molar-refractivity contribution in [3.8, 4) is 28.6 Å². The summed E-state index contributed by atoms with van der Waals surface area (Å²) in [6.07, 6.45) is 4.99. The Morgan fingerprint density at radius 3 is 2.96 bits per heavy atom. The molecule has 3 heterocycles. The van der Waals surface area contributed by atoms with E-state index < -0.39 is 0 Å². The van der Waals surface area contributed by atoms with Gasteiger partial charge in [-0.2, -0.15) is 4.98 Å². The normalized spacial score (nSPS) is 18.8. The average Bonchev–Trinajstić information content (AvgIpc) is 3.20. The summed E-state index contributed by atoms with van der Waals surface area (Å²) in [5.41, 5.74) is 2.39. The molecular weight excluding hydrogens is 318 g/mol. The topological polar surface area (TPSA) is 70.2 Å². The lowest BCUT2D eigenvalue weighted by molar-refractivity contribution is 0.254. The first-order valence-corrected chi connectivity index (χ1v) is 8.54. The molecule has 1 atom stereocenters. The Balaban J connectivity index is 1.52. The van der Waals surface area contributed by atoms with Gasteiger partial charge >= 0.3 is 0 Å². The van der Waals surface area contributed by atoms with E-state index >= 15 is 0 Å². The van der Waals surface area contributed by atoms with Gasteiger partial charge in [0.25, 0.3) is 11.4 Å². The molecule has 2 aromatic heterocycles. The molecule has 0 radical (unpaired) electrons. The predicted octanol–water partition coefficient (Wildman–Crippen LogP) is 3.22. The molecule has 1 saturated carbocycles. The zero-order valence-corrected chi connectivity index (χ0v) is 13.8. The molecule has 6 heteroatoms. The van der Waals surface area contributed by atoms with Crippen LogP contribution in [0.3, 0.4) is 0 Å². The lowest BCUT2D eigenvalue weighted by Gasteiger charge is -2.03. The van der Waals surface area contributed by atoms with E-state index in [4.69, 9.17) is 9.26 Å². The van der Waals surface area contributed by atoms with Gasteiger partial charge in [0.05, 0.1) is 5.56 Å². The van der Waals surface area contributed by atoms with Crippen molar-refractivity contribution < 1.29 is 9.26 Å². The second-order valence-electron chi connectivity index (χ2n) is 6.74. The highest BCUT2D eigenvalue weighted by Crippen LogP contribution is 2.34. The van der Waals surface area contributed by atoms with Crippen molar-refractivity contribution in [3.63, 3.8) is 0 Å². The molecule has 3 aromatic rings. The summed E-state index contributed by atoms with van der Waals surface area (Å²) < 4.78 is 12.9. The highest BCUT2D eigenvalue weighted by Gasteiger charge is 2.26. The van der Waals surface area contributed by atoms with E-state index in [9.17, 15) is 4.79 Å².